The first-order valence-corrected chi connectivity index (χ1v) is 1.88. The van der Waals surface area contributed by atoms with Crippen LogP contribution in [0, 0.1) is 0 Å². The van der Waals surface area contributed by atoms with Gasteiger partial charge in [-0.25, -0.2) is 0 Å². The second kappa shape index (κ2) is 2.58. The lowest BCUT2D eigenvalue weighted by molar-refractivity contribution is -0.137. The zero-order valence-corrected chi connectivity index (χ0v) is 4.01. The summed E-state index contributed by atoms with van der Waals surface area (Å²) in [6.07, 6.45) is -2.31. The van der Waals surface area contributed by atoms with E-state index in [9.17, 15) is 4.79 Å². The molecule has 0 heterocycles. The minimum absolute atomic E-state index is 0.977. The molecule has 1 unspecified atom stereocenters. The van der Waals surface area contributed by atoms with Crippen LogP contribution in [0.1, 0.15) is 16.0 Å². The molecule has 0 spiro atoms. The maximum atomic E-state index is 10.0. The molecule has 3 nitrogen and oxygen atoms in total. The van der Waals surface area contributed by atoms with Gasteiger partial charge in [0.05, 0.1) is 6.37 Å². The summed E-state index contributed by atoms with van der Waals surface area (Å²) in [5, 5.41) is 8.16. The topological polar surface area (TPSA) is 63.3 Å². The number of aliphatic carboxylic acids is 1. The van der Waals surface area contributed by atoms with E-state index in [1.165, 1.54) is 6.92 Å². The van der Waals surface area contributed by atoms with Gasteiger partial charge in [-0.1, -0.05) is 0 Å². The average molecular weight is 105 g/mol. The number of rotatable bonds is 2. The minimum Gasteiger partial charge on any atom is -0.481 e. The lowest BCUT2D eigenvalue weighted by Crippen LogP contribution is -2.18. The quantitative estimate of drug-likeness (QED) is 0.511. The fourth-order valence-electron chi connectivity index (χ4n) is 0.195. The molecule has 0 aliphatic carbocycles. The zero-order valence-electron chi connectivity index (χ0n) is 6.01. The molecule has 0 aliphatic heterocycles. The lowest BCUT2D eigenvalue weighted by Gasteiger charge is -1.95. The molecule has 0 amide bonds. The van der Waals surface area contributed by atoms with Gasteiger partial charge in [-0.05, 0) is 6.92 Å². The van der Waals surface area contributed by atoms with Crippen LogP contribution in [0.3, 0.4) is 0 Å². The number of carbonyl (C=O) groups is 1. The van der Waals surface area contributed by atoms with Crippen molar-refractivity contribution >= 4 is 5.97 Å². The summed E-state index contributed by atoms with van der Waals surface area (Å²) in [6, 6.07) is -0.977. The minimum atomic E-state index is -2.31. The third-order valence-electron chi connectivity index (χ3n) is 0.351. The monoisotopic (exact) mass is 105 g/mol. The Morgan fingerprint density at radius 3 is 2.71 bits per heavy atom. The van der Waals surface area contributed by atoms with Crippen LogP contribution in [0.5, 0.6) is 0 Å². The molecule has 0 radical (unpaired) electrons. The average Bonchev–Trinajstić information content (AvgIpc) is 1.65. The Labute approximate surface area is 44.9 Å². The Kier molecular flexibility index (Phi) is 1.26. The van der Waals surface area contributed by atoms with E-state index in [0.29, 0.717) is 0 Å². The van der Waals surface area contributed by atoms with Gasteiger partial charge in [0.1, 0.15) is 0 Å². The Morgan fingerprint density at radius 1 is 2.29 bits per heavy atom. The number of hydrogen-bond acceptors (Lipinski definition) is 2. The van der Waals surface area contributed by atoms with Crippen molar-refractivity contribution in [3.8, 4) is 0 Å². The molecular formula is C4H9NO2. The van der Waals surface area contributed by atoms with Crippen LogP contribution in [0.15, 0.2) is 0 Å². The van der Waals surface area contributed by atoms with Crippen molar-refractivity contribution in [2.45, 2.75) is 19.3 Å². The van der Waals surface area contributed by atoms with Crippen LogP contribution in [0.4, 0.5) is 0 Å². The maximum Gasteiger partial charge on any atom is 0.304 e. The van der Waals surface area contributed by atoms with Crippen molar-refractivity contribution in [3.05, 3.63) is 0 Å². The highest BCUT2D eigenvalue weighted by Crippen LogP contribution is 1.82. The molecule has 1 atom stereocenters. The van der Waals surface area contributed by atoms with Crippen LogP contribution < -0.4 is 5.73 Å². The van der Waals surface area contributed by atoms with Crippen LogP contribution in [-0.4, -0.2) is 17.1 Å². The van der Waals surface area contributed by atoms with Gasteiger partial charge in [-0.3, -0.25) is 4.79 Å². The second-order valence-corrected chi connectivity index (χ2v) is 1.24. The van der Waals surface area contributed by atoms with Gasteiger partial charge < -0.3 is 10.8 Å². The van der Waals surface area contributed by atoms with E-state index in [2.05, 4.69) is 0 Å². The van der Waals surface area contributed by atoms with Gasteiger partial charge in [0.15, 0.2) is 0 Å². The van der Waals surface area contributed by atoms with Crippen molar-refractivity contribution in [2.24, 2.45) is 5.73 Å². The first kappa shape index (κ1) is 3.43. The molecule has 0 aromatic rings. The zero-order chi connectivity index (χ0) is 7.65. The van der Waals surface area contributed by atoms with Gasteiger partial charge >= 0.3 is 5.97 Å². The summed E-state index contributed by atoms with van der Waals surface area (Å²) < 4.78 is 13.6. The van der Waals surface area contributed by atoms with Crippen molar-refractivity contribution in [1.29, 1.82) is 0 Å². The van der Waals surface area contributed by atoms with Gasteiger partial charge in [0, 0.05) is 8.78 Å². The van der Waals surface area contributed by atoms with Crippen LogP contribution in [0.2, 0.25) is 0 Å². The van der Waals surface area contributed by atoms with Crippen molar-refractivity contribution in [2.75, 3.05) is 0 Å². The largest absolute Gasteiger partial charge is 0.481 e. The van der Waals surface area contributed by atoms with Gasteiger partial charge in [0.2, 0.25) is 0 Å². The third-order valence-corrected chi connectivity index (χ3v) is 0.351. The van der Waals surface area contributed by atoms with E-state index in [-0.39, 0.29) is 0 Å². The van der Waals surface area contributed by atoms with Crippen molar-refractivity contribution in [1.82, 2.24) is 0 Å². The molecule has 0 bridgehead atoms. The second-order valence-electron chi connectivity index (χ2n) is 1.24. The number of hydrogen-bond donors (Lipinski definition) is 2. The van der Waals surface area contributed by atoms with Crippen LogP contribution in [-0.2, 0) is 4.79 Å². The predicted octanol–water partition coefficient (Wildman–Crippen LogP) is -0.192. The highest BCUT2D eigenvalue weighted by molar-refractivity contribution is 5.67. The van der Waals surface area contributed by atoms with E-state index in [1.807, 2.05) is 0 Å². The molecule has 0 aliphatic rings. The summed E-state index contributed by atoms with van der Waals surface area (Å²) in [6.45, 7) is 1.31. The summed E-state index contributed by atoms with van der Waals surface area (Å²) in [5.74, 6) is -1.52. The SMILES string of the molecule is [2H]C([2H])(C(=O)O)C(C)N. The van der Waals surface area contributed by atoms with Crippen molar-refractivity contribution < 1.29 is 12.6 Å². The normalized spacial score (nSPS) is 19.7. The molecule has 3 N–H and O–H groups in total. The van der Waals surface area contributed by atoms with Gasteiger partial charge in [-0.2, -0.15) is 0 Å². The van der Waals surface area contributed by atoms with E-state index >= 15 is 0 Å². The molecule has 0 aromatic carbocycles. The fourth-order valence-corrected chi connectivity index (χ4v) is 0.195. The Morgan fingerprint density at radius 2 is 2.71 bits per heavy atom. The van der Waals surface area contributed by atoms with E-state index < -0.39 is 18.4 Å². The standard InChI is InChI=1S/C4H9NO2/c1-3(5)2-4(6)7/h3H,2,5H2,1H3,(H,6,7)/i2D2. The highest BCUT2D eigenvalue weighted by atomic mass is 16.4. The molecule has 7 heavy (non-hydrogen) atoms. The molecule has 0 rings (SSSR count). The maximum absolute atomic E-state index is 10.0. The van der Waals surface area contributed by atoms with E-state index in [1.54, 1.807) is 0 Å². The number of carboxylic acids is 1. The predicted molar refractivity (Wildman–Crippen MR) is 25.9 cm³/mol. The van der Waals surface area contributed by atoms with Crippen LogP contribution >= 0.6 is 0 Å². The summed E-state index contributed by atoms with van der Waals surface area (Å²) >= 11 is 0. The van der Waals surface area contributed by atoms with Gasteiger partial charge in [-0.15, -0.1) is 0 Å². The Balaban J connectivity index is 4.19. The lowest BCUT2D eigenvalue weighted by atomic mass is 10.3. The van der Waals surface area contributed by atoms with E-state index in [4.69, 9.17) is 13.6 Å². The number of carboxylic acid groups (broad SMARTS) is 1. The highest BCUT2D eigenvalue weighted by Gasteiger charge is 1.98. The molecule has 0 fully saturated rings. The van der Waals surface area contributed by atoms with Crippen LogP contribution in [0.25, 0.3) is 0 Å². The Hall–Kier alpha value is -0.570. The molecular weight excluding hydrogens is 94.0 g/mol. The molecule has 0 saturated carbocycles. The first-order chi connectivity index (χ1) is 3.89. The smallest absolute Gasteiger partial charge is 0.304 e. The summed E-state index contributed by atoms with van der Waals surface area (Å²) in [7, 11) is 0. The van der Waals surface area contributed by atoms with Gasteiger partial charge in [0.25, 0.3) is 0 Å². The fraction of sp³-hybridized carbons (Fsp3) is 0.750. The molecule has 0 saturated heterocycles. The Bertz CT molecular complexity index is 124. The van der Waals surface area contributed by atoms with E-state index in [0.717, 1.165) is 0 Å². The third kappa shape index (κ3) is 5.43. The first-order valence-electron chi connectivity index (χ1n) is 2.88. The molecule has 42 valence electrons. The number of nitrogens with two attached hydrogens (primary N) is 1. The molecule has 3 heteroatoms. The summed E-state index contributed by atoms with van der Waals surface area (Å²) in [5.41, 5.74) is 5.02. The van der Waals surface area contributed by atoms with Crippen molar-refractivity contribution in [3.63, 3.8) is 0 Å². The summed E-state index contributed by atoms with van der Waals surface area (Å²) in [4.78, 5) is 10.0. The molecule has 0 aromatic heterocycles.